The molecule has 5 heteroatoms. The van der Waals surface area contributed by atoms with E-state index in [0.717, 1.165) is 39.4 Å². The van der Waals surface area contributed by atoms with Gasteiger partial charge < -0.3 is 14.2 Å². The van der Waals surface area contributed by atoms with Crippen molar-refractivity contribution in [1.29, 1.82) is 0 Å². The molecule has 0 atom stereocenters. The maximum Gasteiger partial charge on any atom is 0.161 e. The Hall–Kier alpha value is -2.95. The van der Waals surface area contributed by atoms with Crippen LogP contribution in [0.1, 0.15) is 11.3 Å². The lowest BCUT2D eigenvalue weighted by molar-refractivity contribution is 0.171. The predicted molar refractivity (Wildman–Crippen MR) is 89.0 cm³/mol. The van der Waals surface area contributed by atoms with Crippen LogP contribution in [0, 0.1) is 0 Å². The standard InChI is InChI=1S/C18H16N2O3/c1-21-16-4-2-3-13-18(16)14(20-19-13)7-5-12-6-8-15-17(11-12)23-10-9-22-15/h2-8,11H,9-10H2,1H3,(H,19,20)/b7-5+. The minimum Gasteiger partial charge on any atom is -0.496 e. The lowest BCUT2D eigenvalue weighted by Crippen LogP contribution is -2.15. The molecule has 0 unspecified atom stereocenters. The number of aromatic amines is 1. The molecule has 2 heterocycles. The summed E-state index contributed by atoms with van der Waals surface area (Å²) in [5, 5.41) is 8.36. The van der Waals surface area contributed by atoms with E-state index in [4.69, 9.17) is 14.2 Å². The Kier molecular flexibility index (Phi) is 3.38. The van der Waals surface area contributed by atoms with Gasteiger partial charge in [-0.1, -0.05) is 18.2 Å². The highest BCUT2D eigenvalue weighted by molar-refractivity contribution is 5.94. The zero-order chi connectivity index (χ0) is 15.6. The summed E-state index contributed by atoms with van der Waals surface area (Å²) in [5.74, 6) is 2.38. The highest BCUT2D eigenvalue weighted by Gasteiger charge is 2.11. The molecule has 0 saturated heterocycles. The van der Waals surface area contributed by atoms with E-state index in [2.05, 4.69) is 10.2 Å². The van der Waals surface area contributed by atoms with Gasteiger partial charge in [-0.3, -0.25) is 5.10 Å². The molecule has 0 saturated carbocycles. The fourth-order valence-electron chi connectivity index (χ4n) is 2.69. The fraction of sp³-hybridized carbons (Fsp3) is 0.167. The Morgan fingerprint density at radius 3 is 2.83 bits per heavy atom. The zero-order valence-corrected chi connectivity index (χ0v) is 12.7. The molecule has 4 rings (SSSR count). The fourth-order valence-corrected chi connectivity index (χ4v) is 2.69. The molecule has 116 valence electrons. The molecule has 1 N–H and O–H groups in total. The summed E-state index contributed by atoms with van der Waals surface area (Å²) in [5.41, 5.74) is 2.82. The molecular formula is C18H16N2O3. The van der Waals surface area contributed by atoms with Crippen LogP contribution in [0.25, 0.3) is 23.1 Å². The van der Waals surface area contributed by atoms with Crippen LogP contribution in [0.15, 0.2) is 36.4 Å². The van der Waals surface area contributed by atoms with Gasteiger partial charge in [0, 0.05) is 0 Å². The molecule has 3 aromatic rings. The van der Waals surface area contributed by atoms with E-state index in [1.807, 2.05) is 48.6 Å². The van der Waals surface area contributed by atoms with Crippen LogP contribution < -0.4 is 14.2 Å². The molecule has 5 nitrogen and oxygen atoms in total. The Balaban J connectivity index is 1.69. The first-order valence-corrected chi connectivity index (χ1v) is 7.44. The first kappa shape index (κ1) is 13.7. The summed E-state index contributed by atoms with van der Waals surface area (Å²) in [6, 6.07) is 11.7. The van der Waals surface area contributed by atoms with E-state index in [1.54, 1.807) is 7.11 Å². The number of fused-ring (bicyclic) bond motifs is 2. The molecule has 0 spiro atoms. The number of hydrogen-bond donors (Lipinski definition) is 1. The summed E-state index contributed by atoms with van der Waals surface area (Å²) < 4.78 is 16.6. The highest BCUT2D eigenvalue weighted by Crippen LogP contribution is 2.32. The van der Waals surface area contributed by atoms with Gasteiger partial charge in [0.1, 0.15) is 19.0 Å². The van der Waals surface area contributed by atoms with E-state index in [0.29, 0.717) is 13.2 Å². The smallest absolute Gasteiger partial charge is 0.161 e. The second-order valence-corrected chi connectivity index (χ2v) is 5.23. The number of methoxy groups -OCH3 is 1. The number of ether oxygens (including phenoxy) is 3. The predicted octanol–water partition coefficient (Wildman–Crippen LogP) is 3.51. The molecule has 0 radical (unpaired) electrons. The van der Waals surface area contributed by atoms with E-state index in [-0.39, 0.29) is 0 Å². The van der Waals surface area contributed by atoms with Gasteiger partial charge in [-0.2, -0.15) is 5.10 Å². The van der Waals surface area contributed by atoms with Crippen molar-refractivity contribution in [2.45, 2.75) is 0 Å². The monoisotopic (exact) mass is 308 g/mol. The normalized spacial score (nSPS) is 13.6. The Morgan fingerprint density at radius 2 is 1.96 bits per heavy atom. The van der Waals surface area contributed by atoms with Crippen LogP contribution in [0.5, 0.6) is 17.2 Å². The third kappa shape index (κ3) is 2.50. The average molecular weight is 308 g/mol. The molecule has 0 aliphatic carbocycles. The average Bonchev–Trinajstić information content (AvgIpc) is 3.03. The van der Waals surface area contributed by atoms with Crippen LogP contribution in [0.3, 0.4) is 0 Å². The Bertz CT molecular complexity index is 883. The summed E-state index contributed by atoms with van der Waals surface area (Å²) in [4.78, 5) is 0. The maximum atomic E-state index is 5.61. The van der Waals surface area contributed by atoms with E-state index < -0.39 is 0 Å². The van der Waals surface area contributed by atoms with Gasteiger partial charge in [-0.15, -0.1) is 0 Å². The van der Waals surface area contributed by atoms with Gasteiger partial charge in [0.2, 0.25) is 0 Å². The van der Waals surface area contributed by atoms with Gasteiger partial charge in [0.05, 0.1) is 23.7 Å². The van der Waals surface area contributed by atoms with Crippen LogP contribution in [-0.4, -0.2) is 30.5 Å². The zero-order valence-electron chi connectivity index (χ0n) is 12.7. The minimum absolute atomic E-state index is 0.585. The number of rotatable bonds is 3. The van der Waals surface area contributed by atoms with Crippen molar-refractivity contribution in [3.8, 4) is 17.2 Å². The Morgan fingerprint density at radius 1 is 1.09 bits per heavy atom. The summed E-state index contributed by atoms with van der Waals surface area (Å²) in [7, 11) is 1.66. The third-order valence-corrected chi connectivity index (χ3v) is 3.80. The lowest BCUT2D eigenvalue weighted by Gasteiger charge is -2.18. The van der Waals surface area contributed by atoms with E-state index in [9.17, 15) is 0 Å². The largest absolute Gasteiger partial charge is 0.496 e. The quantitative estimate of drug-likeness (QED) is 0.804. The van der Waals surface area contributed by atoms with Gasteiger partial charge in [0.25, 0.3) is 0 Å². The molecule has 1 aromatic heterocycles. The molecule has 23 heavy (non-hydrogen) atoms. The second-order valence-electron chi connectivity index (χ2n) is 5.23. The van der Waals surface area contributed by atoms with Crippen molar-refractivity contribution >= 4 is 23.1 Å². The summed E-state index contributed by atoms with van der Waals surface area (Å²) >= 11 is 0. The van der Waals surface area contributed by atoms with Crippen molar-refractivity contribution in [1.82, 2.24) is 10.2 Å². The number of H-pyrrole nitrogens is 1. The maximum absolute atomic E-state index is 5.61. The lowest BCUT2D eigenvalue weighted by atomic mass is 10.1. The number of benzene rings is 2. The SMILES string of the molecule is COc1cccc2[nH]nc(/C=C/c3ccc4c(c3)OCCO4)c12. The minimum atomic E-state index is 0.585. The van der Waals surface area contributed by atoms with E-state index in [1.165, 1.54) is 0 Å². The molecule has 0 fully saturated rings. The van der Waals surface area contributed by atoms with Crippen LogP contribution in [0.2, 0.25) is 0 Å². The van der Waals surface area contributed by atoms with Gasteiger partial charge in [0.15, 0.2) is 11.5 Å². The van der Waals surface area contributed by atoms with Gasteiger partial charge in [-0.25, -0.2) is 0 Å². The number of nitrogens with one attached hydrogen (secondary N) is 1. The summed E-state index contributed by atoms with van der Waals surface area (Å²) in [6.45, 7) is 1.18. The van der Waals surface area contributed by atoms with Gasteiger partial charge in [-0.05, 0) is 35.9 Å². The number of aromatic nitrogens is 2. The molecule has 2 aromatic carbocycles. The first-order chi connectivity index (χ1) is 11.3. The topological polar surface area (TPSA) is 56.4 Å². The Labute approximate surface area is 133 Å². The molecule has 0 bridgehead atoms. The molecule has 1 aliphatic heterocycles. The van der Waals surface area contributed by atoms with Crippen LogP contribution in [0.4, 0.5) is 0 Å². The van der Waals surface area contributed by atoms with Crippen molar-refractivity contribution in [2.75, 3.05) is 20.3 Å². The van der Waals surface area contributed by atoms with Crippen LogP contribution >= 0.6 is 0 Å². The van der Waals surface area contributed by atoms with Gasteiger partial charge >= 0.3 is 0 Å². The van der Waals surface area contributed by atoms with E-state index >= 15 is 0 Å². The van der Waals surface area contributed by atoms with Crippen molar-refractivity contribution < 1.29 is 14.2 Å². The summed E-state index contributed by atoms with van der Waals surface area (Å²) in [6.07, 6.45) is 3.97. The number of hydrogen-bond acceptors (Lipinski definition) is 4. The first-order valence-electron chi connectivity index (χ1n) is 7.44. The third-order valence-electron chi connectivity index (χ3n) is 3.80. The van der Waals surface area contributed by atoms with Crippen molar-refractivity contribution in [2.24, 2.45) is 0 Å². The van der Waals surface area contributed by atoms with Crippen molar-refractivity contribution in [3.63, 3.8) is 0 Å². The molecule has 0 amide bonds. The van der Waals surface area contributed by atoms with Crippen LogP contribution in [-0.2, 0) is 0 Å². The van der Waals surface area contributed by atoms with Crippen molar-refractivity contribution in [3.05, 3.63) is 47.7 Å². The highest BCUT2D eigenvalue weighted by atomic mass is 16.6. The number of nitrogens with zero attached hydrogens (tertiary/aromatic N) is 1. The molecule has 1 aliphatic rings. The second kappa shape index (κ2) is 5.68. The molecular weight excluding hydrogens is 292 g/mol.